The van der Waals surface area contributed by atoms with Gasteiger partial charge in [-0.15, -0.1) is 11.8 Å². The highest BCUT2D eigenvalue weighted by atomic mass is 32.2. The van der Waals surface area contributed by atoms with Gasteiger partial charge in [-0.05, 0) is 38.3 Å². The molecule has 100 valence electrons. The second-order valence-corrected chi connectivity index (χ2v) is 5.93. The number of benzene rings is 1. The van der Waals surface area contributed by atoms with E-state index in [0.717, 1.165) is 5.56 Å². The highest BCUT2D eigenvalue weighted by molar-refractivity contribution is 7.98. The molecule has 18 heavy (non-hydrogen) atoms. The highest BCUT2D eigenvalue weighted by Crippen LogP contribution is 2.16. The van der Waals surface area contributed by atoms with Gasteiger partial charge in [0, 0.05) is 16.5 Å². The first-order chi connectivity index (χ1) is 8.45. The molecular weight excluding hydrogens is 242 g/mol. The zero-order valence-electron chi connectivity index (χ0n) is 11.9. The van der Waals surface area contributed by atoms with Crippen molar-refractivity contribution in [1.82, 2.24) is 4.90 Å². The summed E-state index contributed by atoms with van der Waals surface area (Å²) >= 11 is 1.69. The lowest BCUT2D eigenvalue weighted by molar-refractivity contribution is 0.0907. The maximum absolute atomic E-state index is 12.1. The largest absolute Gasteiger partial charge is 0.296 e. The summed E-state index contributed by atoms with van der Waals surface area (Å²) in [5.74, 6) is 0.749. The predicted molar refractivity (Wildman–Crippen MR) is 79.5 cm³/mol. The maximum Gasteiger partial charge on any atom is 0.176 e. The van der Waals surface area contributed by atoms with Crippen molar-refractivity contribution in [3.05, 3.63) is 29.8 Å². The van der Waals surface area contributed by atoms with Crippen LogP contribution in [0.25, 0.3) is 0 Å². The van der Waals surface area contributed by atoms with Crippen LogP contribution < -0.4 is 0 Å². The van der Waals surface area contributed by atoms with Crippen LogP contribution in [0.1, 0.15) is 31.1 Å². The van der Waals surface area contributed by atoms with Crippen molar-refractivity contribution in [2.45, 2.75) is 31.7 Å². The first-order valence-corrected chi connectivity index (χ1v) is 7.55. The van der Waals surface area contributed by atoms with Gasteiger partial charge >= 0.3 is 0 Å². The normalized spacial score (nSPS) is 13.1. The molecule has 3 heteroatoms. The van der Waals surface area contributed by atoms with Gasteiger partial charge < -0.3 is 0 Å². The van der Waals surface area contributed by atoms with E-state index in [9.17, 15) is 4.79 Å². The third-order valence-corrected chi connectivity index (χ3v) is 4.21. The molecule has 0 fully saturated rings. The number of carbonyl (C=O) groups excluding carboxylic acids is 1. The van der Waals surface area contributed by atoms with Gasteiger partial charge in [-0.3, -0.25) is 9.69 Å². The van der Waals surface area contributed by atoms with Crippen molar-refractivity contribution in [2.24, 2.45) is 5.92 Å². The zero-order chi connectivity index (χ0) is 13.7. The van der Waals surface area contributed by atoms with Gasteiger partial charge in [0.25, 0.3) is 0 Å². The Bertz CT molecular complexity index is 386. The number of ketones is 1. The standard InChI is InChI=1S/C15H23NOS/c1-11(2)12(3)16(4)10-15(17)13-6-8-14(18-5)9-7-13/h6-9,11-12H,10H2,1-5H3. The minimum Gasteiger partial charge on any atom is -0.296 e. The lowest BCUT2D eigenvalue weighted by atomic mass is 10.0. The molecule has 0 bridgehead atoms. The molecule has 0 radical (unpaired) electrons. The van der Waals surface area contributed by atoms with Crippen molar-refractivity contribution >= 4 is 17.5 Å². The highest BCUT2D eigenvalue weighted by Gasteiger charge is 2.16. The summed E-state index contributed by atoms with van der Waals surface area (Å²) < 4.78 is 0. The fourth-order valence-corrected chi connectivity index (χ4v) is 2.16. The monoisotopic (exact) mass is 265 g/mol. The first kappa shape index (κ1) is 15.3. The number of nitrogens with zero attached hydrogens (tertiary/aromatic N) is 1. The molecule has 0 aliphatic heterocycles. The van der Waals surface area contributed by atoms with Gasteiger partial charge in [0.2, 0.25) is 0 Å². The first-order valence-electron chi connectivity index (χ1n) is 6.33. The van der Waals surface area contributed by atoms with E-state index in [0.29, 0.717) is 18.5 Å². The predicted octanol–water partition coefficient (Wildman–Crippen LogP) is 3.57. The van der Waals surface area contributed by atoms with Crippen molar-refractivity contribution in [1.29, 1.82) is 0 Å². The Morgan fingerprint density at radius 2 is 1.78 bits per heavy atom. The number of likely N-dealkylation sites (N-methyl/N-ethyl adjacent to an activating group) is 1. The Labute approximate surface area is 115 Å². The van der Waals surface area contributed by atoms with Gasteiger partial charge in [0.1, 0.15) is 0 Å². The third-order valence-electron chi connectivity index (χ3n) is 3.47. The molecule has 1 aromatic rings. The van der Waals surface area contributed by atoms with Gasteiger partial charge in [0.15, 0.2) is 5.78 Å². The Hall–Kier alpha value is -0.800. The van der Waals surface area contributed by atoms with E-state index in [1.165, 1.54) is 4.90 Å². The maximum atomic E-state index is 12.1. The summed E-state index contributed by atoms with van der Waals surface area (Å²) in [5.41, 5.74) is 0.801. The molecule has 0 saturated heterocycles. The van der Waals surface area contributed by atoms with Crippen molar-refractivity contribution in [3.8, 4) is 0 Å². The van der Waals surface area contributed by atoms with Crippen LogP contribution in [-0.2, 0) is 0 Å². The number of rotatable bonds is 6. The van der Waals surface area contributed by atoms with E-state index < -0.39 is 0 Å². The second kappa shape index (κ2) is 6.95. The molecule has 1 unspecified atom stereocenters. The van der Waals surface area contributed by atoms with Gasteiger partial charge in [-0.2, -0.15) is 0 Å². The molecule has 0 heterocycles. The topological polar surface area (TPSA) is 20.3 Å². The summed E-state index contributed by atoms with van der Waals surface area (Å²) in [7, 11) is 2.01. The lowest BCUT2D eigenvalue weighted by Crippen LogP contribution is -2.37. The Balaban J connectivity index is 2.64. The van der Waals surface area contributed by atoms with E-state index in [1.54, 1.807) is 11.8 Å². The van der Waals surface area contributed by atoms with Crippen LogP contribution >= 0.6 is 11.8 Å². The number of hydrogen-bond donors (Lipinski definition) is 0. The lowest BCUT2D eigenvalue weighted by Gasteiger charge is -2.27. The van der Waals surface area contributed by atoms with Crippen molar-refractivity contribution < 1.29 is 4.79 Å². The smallest absolute Gasteiger partial charge is 0.176 e. The Morgan fingerprint density at radius 3 is 2.22 bits per heavy atom. The molecule has 0 amide bonds. The summed E-state index contributed by atoms with van der Waals surface area (Å²) in [6, 6.07) is 8.26. The molecule has 1 aromatic carbocycles. The van der Waals surface area contributed by atoms with Crippen LogP contribution in [0.4, 0.5) is 0 Å². The van der Waals surface area contributed by atoms with Crippen LogP contribution in [0, 0.1) is 5.92 Å². The fraction of sp³-hybridized carbons (Fsp3) is 0.533. The minimum atomic E-state index is 0.192. The zero-order valence-corrected chi connectivity index (χ0v) is 12.8. The van der Waals surface area contributed by atoms with Crippen molar-refractivity contribution in [2.75, 3.05) is 19.8 Å². The van der Waals surface area contributed by atoms with E-state index in [2.05, 4.69) is 25.7 Å². The number of thioether (sulfide) groups is 1. The molecule has 1 rings (SSSR count). The number of Topliss-reactive ketones (excluding diaryl/α,β-unsaturated/α-hetero) is 1. The molecule has 1 atom stereocenters. The quantitative estimate of drug-likeness (QED) is 0.579. The molecule has 0 saturated carbocycles. The minimum absolute atomic E-state index is 0.192. The molecular formula is C15H23NOS. The van der Waals surface area contributed by atoms with Gasteiger partial charge in [-0.1, -0.05) is 26.0 Å². The Morgan fingerprint density at radius 1 is 1.22 bits per heavy atom. The van der Waals surface area contributed by atoms with Crippen LogP contribution in [0.3, 0.4) is 0 Å². The van der Waals surface area contributed by atoms with E-state index in [1.807, 2.05) is 37.6 Å². The number of hydrogen-bond acceptors (Lipinski definition) is 3. The van der Waals surface area contributed by atoms with E-state index in [4.69, 9.17) is 0 Å². The van der Waals surface area contributed by atoms with Gasteiger partial charge in [-0.25, -0.2) is 0 Å². The van der Waals surface area contributed by atoms with Crippen LogP contribution in [0.15, 0.2) is 29.2 Å². The van der Waals surface area contributed by atoms with Crippen LogP contribution in [0.5, 0.6) is 0 Å². The summed E-state index contributed by atoms with van der Waals surface area (Å²) in [5, 5.41) is 0. The molecule has 0 spiro atoms. The van der Waals surface area contributed by atoms with Gasteiger partial charge in [0.05, 0.1) is 6.54 Å². The molecule has 0 N–H and O–H groups in total. The van der Waals surface area contributed by atoms with Crippen LogP contribution in [-0.4, -0.2) is 36.6 Å². The molecule has 0 aromatic heterocycles. The summed E-state index contributed by atoms with van der Waals surface area (Å²) in [6.07, 6.45) is 2.04. The summed E-state index contributed by atoms with van der Waals surface area (Å²) in [6.45, 7) is 7.00. The second-order valence-electron chi connectivity index (χ2n) is 5.05. The van der Waals surface area contributed by atoms with E-state index >= 15 is 0 Å². The Kier molecular flexibility index (Phi) is 5.89. The fourth-order valence-electron chi connectivity index (χ4n) is 1.75. The van der Waals surface area contributed by atoms with Crippen molar-refractivity contribution in [3.63, 3.8) is 0 Å². The number of carbonyl (C=O) groups is 1. The van der Waals surface area contributed by atoms with E-state index in [-0.39, 0.29) is 5.78 Å². The average Bonchev–Trinajstić information content (AvgIpc) is 2.37. The van der Waals surface area contributed by atoms with Crippen LogP contribution in [0.2, 0.25) is 0 Å². The summed E-state index contributed by atoms with van der Waals surface area (Å²) in [4.78, 5) is 15.4. The molecule has 0 aliphatic carbocycles. The SMILES string of the molecule is CSc1ccc(C(=O)CN(C)C(C)C(C)C)cc1. The average molecular weight is 265 g/mol. The molecule has 2 nitrogen and oxygen atoms in total. The molecule has 0 aliphatic rings. The third kappa shape index (κ3) is 4.14.